The van der Waals surface area contributed by atoms with E-state index in [-0.39, 0.29) is 17.9 Å². The fourth-order valence-electron chi connectivity index (χ4n) is 0.918. The van der Waals surface area contributed by atoms with E-state index in [1.54, 1.807) is 0 Å². The standard InChI is InChI=1S/C9H21N3O/c1-7(2)9(13)12-6-8(11)4-3-5-10/h7-8H,3-6,10-11H2,1-2H3,(H,12,13)/t8-/m0/s1. The molecule has 0 aromatic rings. The van der Waals surface area contributed by atoms with Crippen molar-refractivity contribution in [2.45, 2.75) is 32.7 Å². The summed E-state index contributed by atoms with van der Waals surface area (Å²) in [4.78, 5) is 11.1. The molecule has 0 aliphatic carbocycles. The van der Waals surface area contributed by atoms with Gasteiger partial charge >= 0.3 is 0 Å². The van der Waals surface area contributed by atoms with Crippen LogP contribution >= 0.6 is 0 Å². The van der Waals surface area contributed by atoms with Crippen molar-refractivity contribution >= 4 is 5.91 Å². The van der Waals surface area contributed by atoms with Gasteiger partial charge in [0.25, 0.3) is 0 Å². The average molecular weight is 187 g/mol. The maximum atomic E-state index is 11.1. The second kappa shape index (κ2) is 6.86. The van der Waals surface area contributed by atoms with Crippen LogP contribution in [0, 0.1) is 5.92 Å². The van der Waals surface area contributed by atoms with Crippen molar-refractivity contribution in [1.82, 2.24) is 5.32 Å². The molecule has 0 unspecified atom stereocenters. The highest BCUT2D eigenvalue weighted by atomic mass is 16.1. The maximum Gasteiger partial charge on any atom is 0.222 e. The van der Waals surface area contributed by atoms with Crippen molar-refractivity contribution in [3.05, 3.63) is 0 Å². The van der Waals surface area contributed by atoms with E-state index < -0.39 is 0 Å². The number of carbonyl (C=O) groups excluding carboxylic acids is 1. The van der Waals surface area contributed by atoms with Crippen molar-refractivity contribution in [2.75, 3.05) is 13.1 Å². The first-order valence-corrected chi connectivity index (χ1v) is 4.81. The zero-order chi connectivity index (χ0) is 10.3. The van der Waals surface area contributed by atoms with Gasteiger partial charge in [0.1, 0.15) is 0 Å². The molecule has 0 fully saturated rings. The van der Waals surface area contributed by atoms with Crippen molar-refractivity contribution < 1.29 is 4.79 Å². The van der Waals surface area contributed by atoms with Crippen LogP contribution in [0.15, 0.2) is 0 Å². The van der Waals surface area contributed by atoms with E-state index in [9.17, 15) is 4.79 Å². The summed E-state index contributed by atoms with van der Waals surface area (Å²) in [6.45, 7) is 4.93. The van der Waals surface area contributed by atoms with E-state index in [1.165, 1.54) is 0 Å². The average Bonchev–Trinajstić information content (AvgIpc) is 2.10. The van der Waals surface area contributed by atoms with Crippen LogP contribution in [0.5, 0.6) is 0 Å². The highest BCUT2D eigenvalue weighted by molar-refractivity contribution is 5.77. The molecular weight excluding hydrogens is 166 g/mol. The minimum Gasteiger partial charge on any atom is -0.354 e. The van der Waals surface area contributed by atoms with Gasteiger partial charge in [-0.2, -0.15) is 0 Å². The maximum absolute atomic E-state index is 11.1. The number of amides is 1. The number of rotatable bonds is 6. The minimum absolute atomic E-state index is 0.0294. The van der Waals surface area contributed by atoms with E-state index in [2.05, 4.69) is 5.32 Å². The Morgan fingerprint density at radius 1 is 1.46 bits per heavy atom. The Kier molecular flexibility index (Phi) is 6.54. The molecule has 0 aromatic carbocycles. The first-order chi connectivity index (χ1) is 6.07. The summed E-state index contributed by atoms with van der Waals surface area (Å²) in [7, 11) is 0. The van der Waals surface area contributed by atoms with Crippen LogP contribution in [-0.2, 0) is 4.79 Å². The van der Waals surface area contributed by atoms with Crippen molar-refractivity contribution in [2.24, 2.45) is 17.4 Å². The van der Waals surface area contributed by atoms with Crippen LogP contribution in [0.1, 0.15) is 26.7 Å². The molecule has 0 bridgehead atoms. The molecule has 4 nitrogen and oxygen atoms in total. The molecule has 0 aliphatic heterocycles. The van der Waals surface area contributed by atoms with E-state index in [1.807, 2.05) is 13.8 Å². The Hall–Kier alpha value is -0.610. The molecule has 0 aliphatic rings. The molecule has 0 heterocycles. The Morgan fingerprint density at radius 2 is 2.08 bits per heavy atom. The Morgan fingerprint density at radius 3 is 2.54 bits per heavy atom. The second-order valence-corrected chi connectivity index (χ2v) is 3.59. The smallest absolute Gasteiger partial charge is 0.222 e. The molecule has 0 radical (unpaired) electrons. The summed E-state index contributed by atoms with van der Waals surface area (Å²) in [5, 5.41) is 2.79. The Labute approximate surface area is 80.0 Å². The molecule has 0 saturated heterocycles. The largest absolute Gasteiger partial charge is 0.354 e. The van der Waals surface area contributed by atoms with Crippen LogP contribution in [0.3, 0.4) is 0 Å². The molecule has 13 heavy (non-hydrogen) atoms. The Balaban J connectivity index is 3.46. The van der Waals surface area contributed by atoms with Gasteiger partial charge in [-0.1, -0.05) is 13.8 Å². The first kappa shape index (κ1) is 12.4. The summed E-state index contributed by atoms with van der Waals surface area (Å²) in [5.41, 5.74) is 11.1. The van der Waals surface area contributed by atoms with Gasteiger partial charge in [0.05, 0.1) is 0 Å². The van der Waals surface area contributed by atoms with Crippen molar-refractivity contribution in [3.8, 4) is 0 Å². The lowest BCUT2D eigenvalue weighted by atomic mass is 10.1. The molecule has 4 heteroatoms. The van der Waals surface area contributed by atoms with E-state index >= 15 is 0 Å². The molecule has 1 atom stereocenters. The van der Waals surface area contributed by atoms with Gasteiger partial charge in [0.2, 0.25) is 5.91 Å². The van der Waals surface area contributed by atoms with Crippen LogP contribution < -0.4 is 16.8 Å². The number of nitrogens with two attached hydrogens (primary N) is 2. The number of carbonyl (C=O) groups is 1. The molecule has 0 saturated carbocycles. The van der Waals surface area contributed by atoms with E-state index in [4.69, 9.17) is 11.5 Å². The van der Waals surface area contributed by atoms with Crippen LogP contribution in [-0.4, -0.2) is 25.0 Å². The van der Waals surface area contributed by atoms with Gasteiger partial charge in [0.15, 0.2) is 0 Å². The van der Waals surface area contributed by atoms with Gasteiger partial charge in [-0.15, -0.1) is 0 Å². The van der Waals surface area contributed by atoms with Gasteiger partial charge < -0.3 is 16.8 Å². The molecule has 0 spiro atoms. The predicted molar refractivity (Wildman–Crippen MR) is 54.1 cm³/mol. The predicted octanol–water partition coefficient (Wildman–Crippen LogP) is -0.175. The summed E-state index contributed by atoms with van der Waals surface area (Å²) in [6.07, 6.45) is 1.79. The minimum atomic E-state index is 0.0294. The third-order valence-electron chi connectivity index (χ3n) is 1.84. The second-order valence-electron chi connectivity index (χ2n) is 3.59. The fraction of sp³-hybridized carbons (Fsp3) is 0.889. The highest BCUT2D eigenvalue weighted by Gasteiger charge is 2.08. The van der Waals surface area contributed by atoms with Crippen LogP contribution in [0.25, 0.3) is 0 Å². The molecule has 0 aromatic heterocycles. The quantitative estimate of drug-likeness (QED) is 0.540. The summed E-state index contributed by atoms with van der Waals surface area (Å²) >= 11 is 0. The monoisotopic (exact) mass is 187 g/mol. The van der Waals surface area contributed by atoms with Gasteiger partial charge in [0, 0.05) is 18.5 Å². The Bertz CT molecular complexity index is 148. The van der Waals surface area contributed by atoms with E-state index in [0.717, 1.165) is 12.8 Å². The lowest BCUT2D eigenvalue weighted by molar-refractivity contribution is -0.124. The third kappa shape index (κ3) is 6.54. The summed E-state index contributed by atoms with van der Waals surface area (Å²) in [5.74, 6) is 0.0879. The van der Waals surface area contributed by atoms with Gasteiger partial charge in [-0.25, -0.2) is 0 Å². The summed E-state index contributed by atoms with van der Waals surface area (Å²) < 4.78 is 0. The third-order valence-corrected chi connectivity index (χ3v) is 1.84. The number of hydrogen-bond acceptors (Lipinski definition) is 3. The van der Waals surface area contributed by atoms with Crippen LogP contribution in [0.4, 0.5) is 0 Å². The molecule has 0 rings (SSSR count). The number of nitrogens with one attached hydrogen (secondary N) is 1. The lowest BCUT2D eigenvalue weighted by Crippen LogP contribution is -2.39. The fourth-order valence-corrected chi connectivity index (χ4v) is 0.918. The van der Waals surface area contributed by atoms with Crippen molar-refractivity contribution in [1.29, 1.82) is 0 Å². The number of hydrogen-bond donors (Lipinski definition) is 3. The zero-order valence-electron chi connectivity index (χ0n) is 8.55. The van der Waals surface area contributed by atoms with E-state index in [0.29, 0.717) is 13.1 Å². The topological polar surface area (TPSA) is 81.1 Å². The van der Waals surface area contributed by atoms with Crippen molar-refractivity contribution in [3.63, 3.8) is 0 Å². The molecule has 5 N–H and O–H groups in total. The SMILES string of the molecule is CC(C)C(=O)NC[C@@H](N)CCCN. The molecular formula is C9H21N3O. The van der Waals surface area contributed by atoms with Gasteiger partial charge in [-0.3, -0.25) is 4.79 Å². The lowest BCUT2D eigenvalue weighted by Gasteiger charge is -2.13. The molecule has 1 amide bonds. The van der Waals surface area contributed by atoms with Crippen LogP contribution in [0.2, 0.25) is 0 Å². The van der Waals surface area contributed by atoms with Gasteiger partial charge in [-0.05, 0) is 19.4 Å². The summed E-state index contributed by atoms with van der Waals surface area (Å²) in [6, 6.07) is 0.0336. The first-order valence-electron chi connectivity index (χ1n) is 4.81. The highest BCUT2D eigenvalue weighted by Crippen LogP contribution is 1.93. The molecule has 78 valence electrons. The zero-order valence-corrected chi connectivity index (χ0v) is 8.55. The normalized spacial score (nSPS) is 13.0.